The van der Waals surface area contributed by atoms with E-state index in [-0.39, 0.29) is 11.8 Å². The van der Waals surface area contributed by atoms with Gasteiger partial charge in [-0.05, 0) is 74.2 Å². The summed E-state index contributed by atoms with van der Waals surface area (Å²) in [7, 11) is 0. The Hall–Kier alpha value is -3.38. The number of carbonyl (C=O) groups excluding carboxylic acids is 2. The fourth-order valence-corrected chi connectivity index (χ4v) is 3.70. The van der Waals surface area contributed by atoms with E-state index in [4.69, 9.17) is 16.3 Å². The molecule has 0 unspecified atom stereocenters. The van der Waals surface area contributed by atoms with Gasteiger partial charge in [0.15, 0.2) is 0 Å². The van der Waals surface area contributed by atoms with Crippen LogP contribution < -0.4 is 10.1 Å². The topological polar surface area (TPSA) is 71.5 Å². The van der Waals surface area contributed by atoms with E-state index in [1.807, 2.05) is 11.8 Å². The van der Waals surface area contributed by atoms with Crippen molar-refractivity contribution in [1.82, 2.24) is 9.88 Å². The highest BCUT2D eigenvalue weighted by Gasteiger charge is 2.18. The van der Waals surface area contributed by atoms with Gasteiger partial charge in [-0.15, -0.1) is 0 Å². The monoisotopic (exact) mass is 449 g/mol. The summed E-state index contributed by atoms with van der Waals surface area (Å²) in [5.41, 5.74) is 2.58. The number of aromatic nitrogens is 1. The molecule has 2 aromatic carbocycles. The van der Waals surface area contributed by atoms with Crippen LogP contribution >= 0.6 is 11.6 Å². The molecular weight excluding hydrogens is 426 g/mol. The zero-order chi connectivity index (χ0) is 22.5. The van der Waals surface area contributed by atoms with Gasteiger partial charge in [0.05, 0.1) is 11.9 Å². The van der Waals surface area contributed by atoms with Crippen LogP contribution in [-0.4, -0.2) is 34.8 Å². The van der Waals surface area contributed by atoms with Crippen molar-refractivity contribution < 1.29 is 14.3 Å². The number of halogens is 1. The van der Waals surface area contributed by atoms with Crippen molar-refractivity contribution in [1.29, 1.82) is 0 Å². The molecule has 1 fully saturated rings. The largest absolute Gasteiger partial charge is 0.439 e. The van der Waals surface area contributed by atoms with Crippen molar-refractivity contribution in [2.75, 3.05) is 18.4 Å². The number of nitrogens with zero attached hydrogens (tertiary/aromatic N) is 2. The van der Waals surface area contributed by atoms with Crippen molar-refractivity contribution in [3.05, 3.63) is 82.5 Å². The van der Waals surface area contributed by atoms with Crippen LogP contribution in [0, 0.1) is 6.92 Å². The molecule has 3 aromatic rings. The number of likely N-dealkylation sites (tertiary alicyclic amines) is 1. The van der Waals surface area contributed by atoms with Gasteiger partial charge in [0.2, 0.25) is 5.88 Å². The third-order valence-electron chi connectivity index (χ3n) is 5.40. The molecule has 0 atom stereocenters. The van der Waals surface area contributed by atoms with Crippen LogP contribution in [0.3, 0.4) is 0 Å². The number of rotatable bonds is 5. The molecule has 4 rings (SSSR count). The summed E-state index contributed by atoms with van der Waals surface area (Å²) in [6, 6.07) is 15.6. The lowest BCUT2D eigenvalue weighted by atomic mass is 10.1. The summed E-state index contributed by atoms with van der Waals surface area (Å²) >= 11 is 6.10. The van der Waals surface area contributed by atoms with Crippen molar-refractivity contribution in [2.24, 2.45) is 0 Å². The number of hydrogen-bond donors (Lipinski definition) is 1. The van der Waals surface area contributed by atoms with Gasteiger partial charge < -0.3 is 15.0 Å². The normalized spacial score (nSPS) is 13.5. The zero-order valence-corrected chi connectivity index (χ0v) is 18.6. The van der Waals surface area contributed by atoms with Gasteiger partial charge in [-0.3, -0.25) is 9.59 Å². The minimum absolute atomic E-state index is 0.0596. The van der Waals surface area contributed by atoms with E-state index in [2.05, 4.69) is 10.3 Å². The number of benzene rings is 2. The average molecular weight is 450 g/mol. The molecule has 1 aliphatic rings. The molecule has 164 valence electrons. The maximum Gasteiger partial charge on any atom is 0.255 e. The first-order chi connectivity index (χ1) is 15.5. The Labute approximate surface area is 192 Å². The van der Waals surface area contributed by atoms with Crippen molar-refractivity contribution in [2.45, 2.75) is 26.2 Å². The minimum atomic E-state index is -0.267. The first-order valence-electron chi connectivity index (χ1n) is 10.6. The molecule has 2 heterocycles. The lowest BCUT2D eigenvalue weighted by molar-refractivity contribution is 0.0724. The summed E-state index contributed by atoms with van der Waals surface area (Å²) in [6.07, 6.45) is 4.84. The highest BCUT2D eigenvalue weighted by molar-refractivity contribution is 6.31. The Kier molecular flexibility index (Phi) is 6.71. The number of nitrogens with one attached hydrogen (secondary N) is 1. The Morgan fingerprint density at radius 2 is 1.69 bits per heavy atom. The fraction of sp³-hybridized carbons (Fsp3) is 0.240. The van der Waals surface area contributed by atoms with Crippen LogP contribution in [0.5, 0.6) is 11.6 Å². The molecule has 32 heavy (non-hydrogen) atoms. The highest BCUT2D eigenvalue weighted by Crippen LogP contribution is 2.23. The molecule has 1 N–H and O–H groups in total. The molecule has 1 aliphatic heterocycles. The fourth-order valence-electron chi connectivity index (χ4n) is 3.52. The van der Waals surface area contributed by atoms with E-state index < -0.39 is 0 Å². The van der Waals surface area contributed by atoms with Gasteiger partial charge in [0.25, 0.3) is 11.8 Å². The molecule has 1 aromatic heterocycles. The summed E-state index contributed by atoms with van der Waals surface area (Å²) in [4.78, 5) is 31.1. The molecular formula is C25H24ClN3O3. The maximum absolute atomic E-state index is 12.6. The number of ether oxygens (including phenoxy) is 1. The van der Waals surface area contributed by atoms with Gasteiger partial charge in [0, 0.05) is 35.3 Å². The summed E-state index contributed by atoms with van der Waals surface area (Å²) in [5.74, 6) is 0.760. The van der Waals surface area contributed by atoms with Crippen molar-refractivity contribution >= 4 is 29.1 Å². The number of anilines is 1. The number of carbonyl (C=O) groups is 2. The van der Waals surface area contributed by atoms with Gasteiger partial charge in [-0.2, -0.15) is 0 Å². The van der Waals surface area contributed by atoms with Crippen LogP contribution in [0.15, 0.2) is 60.8 Å². The number of aryl methyl sites for hydroxylation is 1. The first kappa shape index (κ1) is 21.8. The van der Waals surface area contributed by atoms with Gasteiger partial charge in [0.1, 0.15) is 5.75 Å². The van der Waals surface area contributed by atoms with Crippen molar-refractivity contribution in [3.63, 3.8) is 0 Å². The molecule has 0 saturated carbocycles. The summed E-state index contributed by atoms with van der Waals surface area (Å²) in [6.45, 7) is 3.52. The van der Waals surface area contributed by atoms with Crippen molar-refractivity contribution in [3.8, 4) is 11.6 Å². The van der Waals surface area contributed by atoms with E-state index in [0.29, 0.717) is 33.5 Å². The molecule has 7 heteroatoms. The van der Waals surface area contributed by atoms with E-state index >= 15 is 0 Å². The molecule has 0 aliphatic carbocycles. The molecule has 2 amide bonds. The van der Waals surface area contributed by atoms with E-state index in [0.717, 1.165) is 31.5 Å². The predicted octanol–water partition coefficient (Wildman–Crippen LogP) is 5.71. The number of hydrogen-bond acceptors (Lipinski definition) is 4. The molecule has 0 radical (unpaired) electrons. The SMILES string of the molecule is Cc1ccc(C(=O)Nc2ccc(Oc3ccc(C(=O)N4CCCCC4)cc3)nc2)cc1Cl. The standard InChI is InChI=1S/C25H24ClN3O3/c1-17-5-6-19(15-22(17)26)24(30)28-20-9-12-23(27-16-20)32-21-10-7-18(8-11-21)25(31)29-13-3-2-4-14-29/h5-12,15-16H,2-4,13-14H2,1H3,(H,28,30). The average Bonchev–Trinajstić information content (AvgIpc) is 2.82. The first-order valence-corrected chi connectivity index (χ1v) is 11.0. The van der Waals surface area contributed by atoms with E-state index in [1.54, 1.807) is 54.6 Å². The van der Waals surface area contributed by atoms with Gasteiger partial charge in [-0.25, -0.2) is 4.98 Å². The second-order valence-electron chi connectivity index (χ2n) is 7.78. The van der Waals surface area contributed by atoms with Crippen LogP contribution in [0.1, 0.15) is 45.5 Å². The number of piperidine rings is 1. The third kappa shape index (κ3) is 5.26. The predicted molar refractivity (Wildman–Crippen MR) is 125 cm³/mol. The molecule has 6 nitrogen and oxygen atoms in total. The lowest BCUT2D eigenvalue weighted by Gasteiger charge is -2.26. The second-order valence-corrected chi connectivity index (χ2v) is 8.19. The Bertz CT molecular complexity index is 1110. The highest BCUT2D eigenvalue weighted by atomic mass is 35.5. The summed E-state index contributed by atoms with van der Waals surface area (Å²) < 4.78 is 5.77. The van der Waals surface area contributed by atoms with Crippen LogP contribution in [0.2, 0.25) is 5.02 Å². The lowest BCUT2D eigenvalue weighted by Crippen LogP contribution is -2.35. The maximum atomic E-state index is 12.6. The molecule has 0 bridgehead atoms. The Morgan fingerprint density at radius 3 is 2.34 bits per heavy atom. The molecule has 1 saturated heterocycles. The van der Waals surface area contributed by atoms with Crippen LogP contribution in [-0.2, 0) is 0 Å². The van der Waals surface area contributed by atoms with Gasteiger partial charge in [-0.1, -0.05) is 17.7 Å². The quantitative estimate of drug-likeness (QED) is 0.541. The number of amides is 2. The molecule has 0 spiro atoms. The number of pyridine rings is 1. The van der Waals surface area contributed by atoms with Crippen LogP contribution in [0.25, 0.3) is 0 Å². The van der Waals surface area contributed by atoms with Gasteiger partial charge >= 0.3 is 0 Å². The zero-order valence-electron chi connectivity index (χ0n) is 17.8. The van der Waals surface area contributed by atoms with E-state index in [1.165, 1.54) is 12.6 Å². The Balaban J connectivity index is 1.35. The second kappa shape index (κ2) is 9.83. The smallest absolute Gasteiger partial charge is 0.255 e. The third-order valence-corrected chi connectivity index (χ3v) is 5.80. The summed E-state index contributed by atoms with van der Waals surface area (Å²) in [5, 5.41) is 3.33. The Morgan fingerprint density at radius 1 is 0.969 bits per heavy atom. The van der Waals surface area contributed by atoms with Crippen LogP contribution in [0.4, 0.5) is 5.69 Å². The van der Waals surface area contributed by atoms with E-state index in [9.17, 15) is 9.59 Å². The minimum Gasteiger partial charge on any atom is -0.439 e.